The highest BCUT2D eigenvalue weighted by molar-refractivity contribution is 6.39. The molecule has 1 N–H and O–H groups in total. The number of urea groups is 1. The zero-order chi connectivity index (χ0) is 25.9. The number of carbonyl (C=O) groups is 3. The van der Waals surface area contributed by atoms with Crippen molar-refractivity contribution in [1.29, 1.82) is 0 Å². The van der Waals surface area contributed by atoms with Crippen LogP contribution in [0.3, 0.4) is 0 Å². The number of hydrogen-bond acceptors (Lipinski definition) is 4. The average Bonchev–Trinajstić information content (AvgIpc) is 3.25. The number of nitrogens with one attached hydrogen (secondary N) is 1. The molecule has 0 saturated carbocycles. The summed E-state index contributed by atoms with van der Waals surface area (Å²) >= 11 is 0. The minimum Gasteiger partial charge on any atom is -0.492 e. The summed E-state index contributed by atoms with van der Waals surface area (Å²) in [5, 5.41) is 3.19. The molecule has 0 spiro atoms. The van der Waals surface area contributed by atoms with Crippen LogP contribution < -0.4 is 15.0 Å². The van der Waals surface area contributed by atoms with Gasteiger partial charge in [-0.2, -0.15) is 0 Å². The molecule has 1 aliphatic rings. The fraction of sp³-hybridized carbons (Fsp3) is 0.167. The van der Waals surface area contributed by atoms with Crippen LogP contribution in [0.2, 0.25) is 0 Å². The molecule has 5 rings (SSSR count). The first-order valence-corrected chi connectivity index (χ1v) is 12.2. The third kappa shape index (κ3) is 4.89. The minimum absolute atomic E-state index is 0.0991. The first-order valence-electron chi connectivity index (χ1n) is 12.2. The highest BCUT2D eigenvalue weighted by atomic mass is 16.5. The first kappa shape index (κ1) is 24.1. The zero-order valence-electron chi connectivity index (χ0n) is 20.7. The second kappa shape index (κ2) is 10.1. The van der Waals surface area contributed by atoms with Gasteiger partial charge in [0.2, 0.25) is 0 Å². The van der Waals surface area contributed by atoms with Gasteiger partial charge < -0.3 is 9.30 Å². The van der Waals surface area contributed by atoms with Crippen molar-refractivity contribution in [3.05, 3.63) is 101 Å². The number of rotatable bonds is 7. The molecule has 0 atom stereocenters. The van der Waals surface area contributed by atoms with Crippen LogP contribution in [0.15, 0.2) is 84.6 Å². The summed E-state index contributed by atoms with van der Waals surface area (Å²) in [6.07, 6.45) is 4.29. The Labute approximate surface area is 215 Å². The van der Waals surface area contributed by atoms with Crippen molar-refractivity contribution >= 4 is 40.5 Å². The largest absolute Gasteiger partial charge is 0.492 e. The third-order valence-corrected chi connectivity index (χ3v) is 6.45. The van der Waals surface area contributed by atoms with E-state index in [4.69, 9.17) is 4.74 Å². The van der Waals surface area contributed by atoms with Crippen molar-refractivity contribution in [2.45, 2.75) is 26.8 Å². The van der Waals surface area contributed by atoms with Crippen molar-refractivity contribution in [2.24, 2.45) is 0 Å². The lowest BCUT2D eigenvalue weighted by Crippen LogP contribution is -2.54. The van der Waals surface area contributed by atoms with Gasteiger partial charge in [0, 0.05) is 22.7 Å². The fourth-order valence-corrected chi connectivity index (χ4v) is 4.40. The number of barbiturate groups is 1. The molecule has 0 aliphatic carbocycles. The highest BCUT2D eigenvalue weighted by Gasteiger charge is 2.37. The van der Waals surface area contributed by atoms with Gasteiger partial charge in [0.15, 0.2) is 0 Å². The van der Waals surface area contributed by atoms with Gasteiger partial charge >= 0.3 is 6.03 Å². The number of nitrogens with zero attached hydrogens (tertiary/aromatic N) is 2. The number of ether oxygens (including phenoxy) is 1. The number of carbonyl (C=O) groups excluding carboxylic acids is 3. The zero-order valence-corrected chi connectivity index (χ0v) is 20.7. The van der Waals surface area contributed by atoms with Crippen LogP contribution in [0.25, 0.3) is 17.0 Å². The van der Waals surface area contributed by atoms with Crippen molar-refractivity contribution < 1.29 is 19.1 Å². The number of imide groups is 2. The van der Waals surface area contributed by atoms with E-state index in [1.54, 1.807) is 18.2 Å². The topological polar surface area (TPSA) is 80.6 Å². The predicted octanol–water partition coefficient (Wildman–Crippen LogP) is 5.26. The first-order chi connectivity index (χ1) is 17.9. The summed E-state index contributed by atoms with van der Waals surface area (Å²) in [6.45, 7) is 5.08. The van der Waals surface area contributed by atoms with E-state index in [0.29, 0.717) is 24.4 Å². The summed E-state index contributed by atoms with van der Waals surface area (Å²) < 4.78 is 7.94. The van der Waals surface area contributed by atoms with Gasteiger partial charge in [-0.3, -0.25) is 14.9 Å². The van der Waals surface area contributed by atoms with Gasteiger partial charge in [-0.1, -0.05) is 55.0 Å². The molecule has 2 heterocycles. The smallest absolute Gasteiger partial charge is 0.335 e. The van der Waals surface area contributed by atoms with Crippen LogP contribution in [-0.2, 0) is 22.6 Å². The van der Waals surface area contributed by atoms with E-state index in [9.17, 15) is 14.4 Å². The minimum atomic E-state index is -0.757. The molecular weight excluding hydrogens is 466 g/mol. The Balaban J connectivity index is 1.43. The molecule has 7 nitrogen and oxygen atoms in total. The molecule has 7 heteroatoms. The summed E-state index contributed by atoms with van der Waals surface area (Å²) in [4.78, 5) is 39.6. The van der Waals surface area contributed by atoms with Gasteiger partial charge in [-0.25, -0.2) is 9.69 Å². The quantitative estimate of drug-likeness (QED) is 0.281. The van der Waals surface area contributed by atoms with Crippen LogP contribution in [-0.4, -0.2) is 29.0 Å². The maximum atomic E-state index is 13.4. The van der Waals surface area contributed by atoms with Crippen molar-refractivity contribution in [3.8, 4) is 5.75 Å². The van der Waals surface area contributed by atoms with E-state index < -0.39 is 17.8 Å². The molecule has 4 amide bonds. The Morgan fingerprint density at radius 2 is 1.65 bits per heavy atom. The number of amides is 4. The van der Waals surface area contributed by atoms with E-state index >= 15 is 0 Å². The molecule has 0 unspecified atom stereocenters. The molecule has 4 aromatic rings. The van der Waals surface area contributed by atoms with Gasteiger partial charge in [0.05, 0.1) is 12.2 Å². The Hall–Kier alpha value is -4.65. The van der Waals surface area contributed by atoms with Crippen molar-refractivity contribution in [3.63, 3.8) is 0 Å². The second-order valence-corrected chi connectivity index (χ2v) is 8.93. The van der Waals surface area contributed by atoms with Crippen LogP contribution in [0.5, 0.6) is 5.75 Å². The molecule has 1 aliphatic heterocycles. The average molecular weight is 494 g/mol. The number of fused-ring (bicyclic) bond motifs is 1. The summed E-state index contributed by atoms with van der Waals surface area (Å²) in [6, 6.07) is 22.1. The SMILES string of the molecule is CCc1ccc(N2C(=O)NC(=O)C(=Cc3cn(CCOc4ccc(C)cc4)c4ccccc34)C2=O)cc1. The molecule has 0 radical (unpaired) electrons. The number of para-hydroxylation sites is 1. The number of anilines is 1. The standard InChI is InChI=1S/C30H27N3O4/c1-3-21-10-12-23(13-11-21)33-29(35)26(28(34)31-30(33)36)18-22-19-32(27-7-5-4-6-25(22)27)16-17-37-24-14-8-20(2)9-15-24/h4-15,18-19H,3,16-17H2,1-2H3,(H,31,34,36). The number of benzene rings is 3. The Morgan fingerprint density at radius 1 is 0.919 bits per heavy atom. The maximum Gasteiger partial charge on any atom is 0.335 e. The lowest BCUT2D eigenvalue weighted by Gasteiger charge is -2.26. The van der Waals surface area contributed by atoms with Gasteiger partial charge in [-0.15, -0.1) is 0 Å². The van der Waals surface area contributed by atoms with Crippen LogP contribution in [0, 0.1) is 6.92 Å². The third-order valence-electron chi connectivity index (χ3n) is 6.45. The van der Waals surface area contributed by atoms with Crippen molar-refractivity contribution in [2.75, 3.05) is 11.5 Å². The summed E-state index contributed by atoms with van der Waals surface area (Å²) in [5.74, 6) is -0.570. The van der Waals surface area contributed by atoms with E-state index in [0.717, 1.165) is 33.5 Å². The summed E-state index contributed by atoms with van der Waals surface area (Å²) in [7, 11) is 0. The van der Waals surface area contributed by atoms with E-state index in [-0.39, 0.29) is 5.57 Å². The van der Waals surface area contributed by atoms with E-state index in [1.165, 1.54) is 5.56 Å². The molecular formula is C30H27N3O4. The molecule has 186 valence electrons. The molecule has 1 fully saturated rings. The Kier molecular flexibility index (Phi) is 6.60. The molecule has 37 heavy (non-hydrogen) atoms. The Bertz CT molecular complexity index is 1510. The lowest BCUT2D eigenvalue weighted by molar-refractivity contribution is -0.122. The van der Waals surface area contributed by atoms with Crippen LogP contribution >= 0.6 is 0 Å². The van der Waals surface area contributed by atoms with Gasteiger partial charge in [-0.05, 0) is 55.3 Å². The van der Waals surface area contributed by atoms with Crippen molar-refractivity contribution in [1.82, 2.24) is 9.88 Å². The fourth-order valence-electron chi connectivity index (χ4n) is 4.40. The lowest BCUT2D eigenvalue weighted by atomic mass is 10.1. The predicted molar refractivity (Wildman–Crippen MR) is 143 cm³/mol. The molecule has 3 aromatic carbocycles. The maximum absolute atomic E-state index is 13.4. The molecule has 1 aromatic heterocycles. The highest BCUT2D eigenvalue weighted by Crippen LogP contribution is 2.27. The molecule has 1 saturated heterocycles. The number of aryl methyl sites for hydroxylation is 2. The second-order valence-electron chi connectivity index (χ2n) is 8.93. The van der Waals surface area contributed by atoms with Crippen LogP contribution in [0.1, 0.15) is 23.6 Å². The number of hydrogen-bond donors (Lipinski definition) is 1. The monoisotopic (exact) mass is 493 g/mol. The van der Waals surface area contributed by atoms with Gasteiger partial charge in [0.25, 0.3) is 11.8 Å². The molecule has 0 bridgehead atoms. The normalized spacial score (nSPS) is 14.9. The number of aromatic nitrogens is 1. The van der Waals surface area contributed by atoms with E-state index in [1.807, 2.05) is 85.3 Å². The van der Waals surface area contributed by atoms with E-state index in [2.05, 4.69) is 5.32 Å². The Morgan fingerprint density at radius 3 is 2.38 bits per heavy atom. The summed E-state index contributed by atoms with van der Waals surface area (Å²) in [5.41, 5.74) is 4.22. The van der Waals surface area contributed by atoms with Crippen LogP contribution in [0.4, 0.5) is 10.5 Å². The van der Waals surface area contributed by atoms with Gasteiger partial charge in [0.1, 0.15) is 17.9 Å².